The van der Waals surface area contributed by atoms with Crippen molar-refractivity contribution in [2.75, 3.05) is 31.6 Å². The Hall–Kier alpha value is -2.19. The van der Waals surface area contributed by atoms with Crippen LogP contribution in [0.5, 0.6) is 0 Å². The van der Waals surface area contributed by atoms with Crippen LogP contribution in [0, 0.1) is 0 Å². The normalized spacial score (nSPS) is 19.4. The van der Waals surface area contributed by atoms with E-state index in [9.17, 15) is 4.79 Å². The largest absolute Gasteiger partial charge is 0.378 e. The number of anilines is 1. The van der Waals surface area contributed by atoms with E-state index in [4.69, 9.17) is 22.1 Å². The summed E-state index contributed by atoms with van der Waals surface area (Å²) in [7, 11) is 0. The van der Waals surface area contributed by atoms with Crippen molar-refractivity contribution in [3.63, 3.8) is 0 Å². The summed E-state index contributed by atoms with van der Waals surface area (Å²) < 4.78 is 5.53. The number of hydrogen-bond donors (Lipinski definition) is 3. The van der Waals surface area contributed by atoms with Gasteiger partial charge in [-0.1, -0.05) is 11.6 Å². The second kappa shape index (κ2) is 7.44. The van der Waals surface area contributed by atoms with Crippen molar-refractivity contribution in [3.05, 3.63) is 35.6 Å². The van der Waals surface area contributed by atoms with Crippen LogP contribution in [0.2, 0.25) is 5.02 Å². The number of nitrogens with zero attached hydrogens (tertiary/aromatic N) is 2. The number of halogens is 1. The zero-order chi connectivity index (χ0) is 19.0. The van der Waals surface area contributed by atoms with E-state index in [1.165, 1.54) is 0 Å². The van der Waals surface area contributed by atoms with E-state index in [1.54, 1.807) is 18.5 Å². The van der Waals surface area contributed by atoms with Crippen LogP contribution in [0.3, 0.4) is 0 Å². The molecule has 1 saturated heterocycles. The molecule has 4 N–H and O–H groups in total. The van der Waals surface area contributed by atoms with Crippen LogP contribution in [0.15, 0.2) is 30.6 Å². The second-order valence-electron chi connectivity index (χ2n) is 6.97. The summed E-state index contributed by atoms with van der Waals surface area (Å²) in [6, 6.07) is 5.17. The topological polar surface area (TPSA) is 96.3 Å². The van der Waals surface area contributed by atoms with Gasteiger partial charge in [-0.15, -0.1) is 0 Å². The summed E-state index contributed by atoms with van der Waals surface area (Å²) in [6.45, 7) is 4.21. The Morgan fingerprint density at radius 1 is 1.52 bits per heavy atom. The lowest BCUT2D eigenvalue weighted by molar-refractivity contribution is -0.127. The predicted molar refractivity (Wildman–Crippen MR) is 107 cm³/mol. The zero-order valence-corrected chi connectivity index (χ0v) is 15.8. The molecule has 142 valence electrons. The molecule has 1 amide bonds. The van der Waals surface area contributed by atoms with E-state index < -0.39 is 0 Å². The van der Waals surface area contributed by atoms with E-state index in [0.29, 0.717) is 37.0 Å². The Morgan fingerprint density at radius 3 is 3.19 bits per heavy atom. The van der Waals surface area contributed by atoms with Crippen molar-refractivity contribution in [2.45, 2.75) is 19.0 Å². The van der Waals surface area contributed by atoms with Gasteiger partial charge < -0.3 is 20.8 Å². The number of aromatic amines is 1. The molecule has 4 rings (SSSR count). The zero-order valence-electron chi connectivity index (χ0n) is 15.0. The Bertz CT molecular complexity index is 987. The van der Waals surface area contributed by atoms with E-state index in [1.807, 2.05) is 19.1 Å². The summed E-state index contributed by atoms with van der Waals surface area (Å²) in [6.07, 6.45) is 3.49. The van der Waals surface area contributed by atoms with Gasteiger partial charge in [0, 0.05) is 41.1 Å². The van der Waals surface area contributed by atoms with Crippen LogP contribution >= 0.6 is 11.6 Å². The first kappa shape index (κ1) is 18.2. The molecule has 0 bridgehead atoms. The fourth-order valence-corrected chi connectivity index (χ4v) is 3.82. The standard InChI is InChI=1S/C19H22ClN5O2/c1-11(21)9-25-4-5-27-10-17(25)19(26)24-15-7-12(20)6-14-13-2-3-22-8-16(13)23-18(14)15/h2-3,6-8,11,17,23H,4-5,9-10,21H2,1H3,(H,24,26)/t11-,17?/m0/s1. The molecule has 0 radical (unpaired) electrons. The third-order valence-corrected chi connectivity index (χ3v) is 5.01. The minimum Gasteiger partial charge on any atom is -0.378 e. The number of amides is 1. The lowest BCUT2D eigenvalue weighted by Crippen LogP contribution is -2.54. The number of morpholine rings is 1. The van der Waals surface area contributed by atoms with Gasteiger partial charge in [-0.05, 0) is 25.1 Å². The van der Waals surface area contributed by atoms with Gasteiger partial charge in [0.05, 0.1) is 36.1 Å². The Morgan fingerprint density at radius 2 is 2.37 bits per heavy atom. The molecule has 2 atom stereocenters. The molecule has 7 nitrogen and oxygen atoms in total. The number of carbonyl (C=O) groups excluding carboxylic acids is 1. The maximum absolute atomic E-state index is 13.0. The first-order valence-electron chi connectivity index (χ1n) is 8.96. The maximum atomic E-state index is 13.0. The first-order chi connectivity index (χ1) is 13.0. The summed E-state index contributed by atoms with van der Waals surface area (Å²) >= 11 is 6.32. The summed E-state index contributed by atoms with van der Waals surface area (Å²) in [5.41, 5.74) is 8.30. The average Bonchev–Trinajstić information content (AvgIpc) is 3.00. The molecule has 0 saturated carbocycles. The maximum Gasteiger partial charge on any atom is 0.244 e. The second-order valence-corrected chi connectivity index (χ2v) is 7.41. The highest BCUT2D eigenvalue weighted by Crippen LogP contribution is 2.33. The van der Waals surface area contributed by atoms with Gasteiger partial charge in [0.15, 0.2) is 0 Å². The first-order valence-corrected chi connectivity index (χ1v) is 9.34. The number of benzene rings is 1. The van der Waals surface area contributed by atoms with Crippen LogP contribution in [0.1, 0.15) is 6.92 Å². The van der Waals surface area contributed by atoms with Crippen molar-refractivity contribution in [1.29, 1.82) is 0 Å². The number of rotatable bonds is 4. The molecule has 8 heteroatoms. The van der Waals surface area contributed by atoms with E-state index in [0.717, 1.165) is 21.8 Å². The van der Waals surface area contributed by atoms with Crippen LogP contribution in [-0.2, 0) is 9.53 Å². The van der Waals surface area contributed by atoms with E-state index >= 15 is 0 Å². The molecule has 1 aromatic carbocycles. The Balaban J connectivity index is 1.67. The van der Waals surface area contributed by atoms with Gasteiger partial charge >= 0.3 is 0 Å². The number of ether oxygens (including phenoxy) is 1. The van der Waals surface area contributed by atoms with Gasteiger partial charge in [-0.25, -0.2) is 0 Å². The van der Waals surface area contributed by atoms with Gasteiger partial charge in [-0.2, -0.15) is 0 Å². The fourth-order valence-electron chi connectivity index (χ4n) is 3.60. The minimum atomic E-state index is -0.384. The molecule has 1 fully saturated rings. The number of fused-ring (bicyclic) bond motifs is 3. The number of aromatic nitrogens is 2. The third kappa shape index (κ3) is 3.64. The summed E-state index contributed by atoms with van der Waals surface area (Å²) in [4.78, 5) is 22.5. The van der Waals surface area contributed by atoms with Crippen LogP contribution in [0.4, 0.5) is 5.69 Å². The molecule has 1 aliphatic rings. The van der Waals surface area contributed by atoms with Crippen molar-refractivity contribution in [1.82, 2.24) is 14.9 Å². The number of nitrogens with two attached hydrogens (primary N) is 1. The van der Waals surface area contributed by atoms with E-state index in [-0.39, 0.29) is 18.0 Å². The molecular weight excluding hydrogens is 366 g/mol. The number of carbonyl (C=O) groups is 1. The molecule has 3 aromatic rings. The third-order valence-electron chi connectivity index (χ3n) is 4.80. The smallest absolute Gasteiger partial charge is 0.244 e. The molecule has 3 heterocycles. The number of nitrogens with one attached hydrogen (secondary N) is 2. The lowest BCUT2D eigenvalue weighted by Gasteiger charge is -2.35. The highest BCUT2D eigenvalue weighted by molar-refractivity contribution is 6.32. The van der Waals surface area contributed by atoms with Gasteiger partial charge in [0.1, 0.15) is 6.04 Å². The van der Waals surface area contributed by atoms with Gasteiger partial charge in [-0.3, -0.25) is 14.7 Å². The van der Waals surface area contributed by atoms with Gasteiger partial charge in [0.25, 0.3) is 0 Å². The number of H-pyrrole nitrogens is 1. The molecule has 1 unspecified atom stereocenters. The number of pyridine rings is 1. The van der Waals surface area contributed by atoms with Crippen molar-refractivity contribution >= 4 is 45.0 Å². The minimum absolute atomic E-state index is 0.0162. The molecule has 2 aromatic heterocycles. The van der Waals surface area contributed by atoms with Crippen molar-refractivity contribution in [3.8, 4) is 0 Å². The highest BCUT2D eigenvalue weighted by atomic mass is 35.5. The van der Waals surface area contributed by atoms with Crippen LogP contribution in [0.25, 0.3) is 21.8 Å². The number of hydrogen-bond acceptors (Lipinski definition) is 5. The van der Waals surface area contributed by atoms with Crippen LogP contribution in [-0.4, -0.2) is 59.2 Å². The highest BCUT2D eigenvalue weighted by Gasteiger charge is 2.30. The molecule has 0 aliphatic carbocycles. The summed E-state index contributed by atoms with van der Waals surface area (Å²) in [5, 5.41) is 5.54. The quantitative estimate of drug-likeness (QED) is 0.638. The monoisotopic (exact) mass is 387 g/mol. The fraction of sp³-hybridized carbons (Fsp3) is 0.368. The predicted octanol–water partition coefficient (Wildman–Crippen LogP) is 2.36. The molecule has 0 spiro atoms. The van der Waals surface area contributed by atoms with E-state index in [2.05, 4.69) is 20.2 Å². The van der Waals surface area contributed by atoms with Gasteiger partial charge in [0.2, 0.25) is 5.91 Å². The SMILES string of the molecule is C[C@H](N)CN1CCOCC1C(=O)Nc1cc(Cl)cc2c1[nH]c1cnccc12. The average molecular weight is 388 g/mol. The van der Waals surface area contributed by atoms with Crippen LogP contribution < -0.4 is 11.1 Å². The molecule has 1 aliphatic heterocycles. The lowest BCUT2D eigenvalue weighted by atomic mass is 10.1. The van der Waals surface area contributed by atoms with Crippen molar-refractivity contribution < 1.29 is 9.53 Å². The molecular formula is C19H22ClN5O2. The van der Waals surface area contributed by atoms with Crippen molar-refractivity contribution in [2.24, 2.45) is 5.73 Å². The molecule has 27 heavy (non-hydrogen) atoms. The summed E-state index contributed by atoms with van der Waals surface area (Å²) in [5.74, 6) is -0.129. The Labute approximate surface area is 161 Å². The Kier molecular flexibility index (Phi) is 5.01.